The Labute approximate surface area is 114 Å². The van der Waals surface area contributed by atoms with E-state index in [0.717, 1.165) is 0 Å². The molecule has 0 heterocycles. The molecule has 0 atom stereocenters. The van der Waals surface area contributed by atoms with Crippen molar-refractivity contribution in [3.63, 3.8) is 0 Å². The molecule has 5 heteroatoms. The molecule has 3 nitrogen and oxygen atoms in total. The van der Waals surface area contributed by atoms with Crippen LogP contribution in [0.25, 0.3) is 0 Å². The zero-order valence-corrected chi connectivity index (χ0v) is 13.1. The summed E-state index contributed by atoms with van der Waals surface area (Å²) in [4.78, 5) is 0. The van der Waals surface area contributed by atoms with Crippen LogP contribution >= 0.6 is 0 Å². The third-order valence-corrected chi connectivity index (χ3v) is 0. The Hall–Kier alpha value is 1.07. The van der Waals surface area contributed by atoms with Gasteiger partial charge >= 0.3 is 0 Å². The molecule has 0 aromatic rings. The van der Waals surface area contributed by atoms with Gasteiger partial charge in [0.1, 0.15) is 0 Å². The van der Waals surface area contributed by atoms with Crippen molar-refractivity contribution in [1.29, 1.82) is 0 Å². The summed E-state index contributed by atoms with van der Waals surface area (Å²) in [5, 5.41) is 24.2. The molecule has 0 fully saturated rings. The first kappa shape index (κ1) is 29.4. The molecule has 90 valence electrons. The van der Waals surface area contributed by atoms with Gasteiger partial charge in [0, 0.05) is 40.0 Å². The van der Waals surface area contributed by atoms with Crippen LogP contribution in [-0.2, 0) is 21.7 Å². The van der Waals surface area contributed by atoms with Crippen molar-refractivity contribution in [2.45, 2.75) is 59.9 Å². The summed E-state index contributed by atoms with van der Waals surface area (Å²) in [5.74, 6) is 0. The van der Waals surface area contributed by atoms with Crippen molar-refractivity contribution in [2.75, 3.05) is 0 Å². The second-order valence-corrected chi connectivity index (χ2v) is 3.28. The monoisotopic (exact) mass is 307 g/mol. The molecular formula is C9H24BrO3Ti-. The van der Waals surface area contributed by atoms with Crippen LogP contribution in [0.4, 0.5) is 0 Å². The van der Waals surface area contributed by atoms with Gasteiger partial charge in [-0.15, -0.1) is 0 Å². The predicted octanol–water partition coefficient (Wildman–Crippen LogP) is -1.84. The molecule has 3 N–H and O–H groups in total. The summed E-state index contributed by atoms with van der Waals surface area (Å²) >= 11 is 0. The summed E-state index contributed by atoms with van der Waals surface area (Å²) in [6, 6.07) is 0. The van der Waals surface area contributed by atoms with Gasteiger partial charge in [-0.1, -0.05) is 0 Å². The number of hydrogen-bond donors (Lipinski definition) is 3. The largest absolute Gasteiger partial charge is 1.00 e. The third kappa shape index (κ3) is 1650. The van der Waals surface area contributed by atoms with E-state index in [1.54, 1.807) is 41.5 Å². The molecular weight excluding hydrogens is 284 g/mol. The van der Waals surface area contributed by atoms with E-state index in [9.17, 15) is 0 Å². The Morgan fingerprint density at radius 1 is 0.571 bits per heavy atom. The average molecular weight is 308 g/mol. The first-order chi connectivity index (χ1) is 5.20. The molecule has 0 spiro atoms. The Balaban J connectivity index is -0.0000000270. The van der Waals surface area contributed by atoms with E-state index < -0.39 is 0 Å². The molecule has 0 aliphatic carbocycles. The Kier molecular flexibility index (Phi) is 49.8. The summed E-state index contributed by atoms with van der Waals surface area (Å²) in [6.07, 6.45) is -0.500. The Morgan fingerprint density at radius 3 is 0.571 bits per heavy atom. The van der Waals surface area contributed by atoms with Gasteiger partial charge in [-0.05, 0) is 41.5 Å². The van der Waals surface area contributed by atoms with Gasteiger partial charge in [0.25, 0.3) is 0 Å². The smallest absolute Gasteiger partial charge is 0.0483 e. The SMILES string of the molecule is CC(C)O.CC(C)O.CC(C)O.[Br-].[Ti]. The number of aliphatic hydroxyl groups is 3. The van der Waals surface area contributed by atoms with Crippen molar-refractivity contribution in [2.24, 2.45) is 0 Å². The predicted molar refractivity (Wildman–Crippen MR) is 52.1 cm³/mol. The van der Waals surface area contributed by atoms with Crippen LogP contribution in [0.2, 0.25) is 0 Å². The van der Waals surface area contributed by atoms with E-state index in [2.05, 4.69) is 0 Å². The van der Waals surface area contributed by atoms with Crippen molar-refractivity contribution in [1.82, 2.24) is 0 Å². The fraction of sp³-hybridized carbons (Fsp3) is 1.00. The molecule has 0 aliphatic rings. The average Bonchev–Trinajstić information content (AvgIpc) is 1.54. The molecule has 0 unspecified atom stereocenters. The topological polar surface area (TPSA) is 60.7 Å². The van der Waals surface area contributed by atoms with Crippen molar-refractivity contribution >= 4 is 0 Å². The van der Waals surface area contributed by atoms with E-state index in [1.165, 1.54) is 0 Å². The minimum Gasteiger partial charge on any atom is -1.00 e. The van der Waals surface area contributed by atoms with Gasteiger partial charge < -0.3 is 32.3 Å². The molecule has 0 aromatic carbocycles. The summed E-state index contributed by atoms with van der Waals surface area (Å²) < 4.78 is 0. The molecule has 0 aromatic heterocycles. The van der Waals surface area contributed by atoms with E-state index in [1.807, 2.05) is 0 Å². The summed E-state index contributed by atoms with van der Waals surface area (Å²) in [6.45, 7) is 10.3. The first-order valence-corrected chi connectivity index (χ1v) is 4.24. The maximum Gasteiger partial charge on any atom is 0.0483 e. The standard InChI is InChI=1S/3C3H8O.BrH.Ti/c3*1-3(2)4;;/h3*3-4H,1-2H3;1H;/p-1. The zero-order chi connectivity index (χ0) is 10.7. The molecule has 0 bridgehead atoms. The molecule has 0 saturated heterocycles. The summed E-state index contributed by atoms with van der Waals surface area (Å²) in [5.41, 5.74) is 0. The fourth-order valence-electron chi connectivity index (χ4n) is 0. The molecule has 0 rings (SSSR count). The van der Waals surface area contributed by atoms with Crippen LogP contribution in [-0.4, -0.2) is 33.6 Å². The Morgan fingerprint density at radius 2 is 0.571 bits per heavy atom. The quantitative estimate of drug-likeness (QED) is 0.461. The van der Waals surface area contributed by atoms with E-state index >= 15 is 0 Å². The van der Waals surface area contributed by atoms with E-state index in [-0.39, 0.29) is 57.0 Å². The molecule has 0 radical (unpaired) electrons. The second-order valence-electron chi connectivity index (χ2n) is 3.28. The van der Waals surface area contributed by atoms with Gasteiger partial charge in [0.05, 0.1) is 0 Å². The Bertz CT molecular complexity index is 48.5. The zero-order valence-electron chi connectivity index (χ0n) is 9.95. The maximum absolute atomic E-state index is 8.06. The van der Waals surface area contributed by atoms with Crippen LogP contribution < -0.4 is 17.0 Å². The van der Waals surface area contributed by atoms with Crippen LogP contribution in [0.5, 0.6) is 0 Å². The van der Waals surface area contributed by atoms with Gasteiger partial charge in [-0.25, -0.2) is 0 Å². The molecule has 0 saturated carbocycles. The van der Waals surface area contributed by atoms with Crippen LogP contribution in [0.1, 0.15) is 41.5 Å². The fourth-order valence-corrected chi connectivity index (χ4v) is 0. The number of halogens is 1. The van der Waals surface area contributed by atoms with Gasteiger partial charge in [-0.2, -0.15) is 0 Å². The molecule has 0 aliphatic heterocycles. The maximum atomic E-state index is 8.06. The third-order valence-electron chi connectivity index (χ3n) is 0. The number of aliphatic hydroxyl groups excluding tert-OH is 3. The number of rotatable bonds is 0. The minimum atomic E-state index is -0.167. The van der Waals surface area contributed by atoms with E-state index in [4.69, 9.17) is 15.3 Å². The van der Waals surface area contributed by atoms with Gasteiger partial charge in [0.15, 0.2) is 0 Å². The van der Waals surface area contributed by atoms with Gasteiger partial charge in [0.2, 0.25) is 0 Å². The van der Waals surface area contributed by atoms with Crippen molar-refractivity contribution < 1.29 is 54.0 Å². The van der Waals surface area contributed by atoms with E-state index in [0.29, 0.717) is 0 Å². The molecule has 14 heavy (non-hydrogen) atoms. The summed E-state index contributed by atoms with van der Waals surface area (Å²) in [7, 11) is 0. The number of hydrogen-bond acceptors (Lipinski definition) is 3. The van der Waals surface area contributed by atoms with Gasteiger partial charge in [-0.3, -0.25) is 0 Å². The molecule has 0 amide bonds. The minimum absolute atomic E-state index is 0. The first-order valence-electron chi connectivity index (χ1n) is 4.24. The second kappa shape index (κ2) is 23.7. The van der Waals surface area contributed by atoms with Crippen molar-refractivity contribution in [3.8, 4) is 0 Å². The van der Waals surface area contributed by atoms with Crippen molar-refractivity contribution in [3.05, 3.63) is 0 Å². The van der Waals surface area contributed by atoms with Crippen LogP contribution in [0, 0.1) is 0 Å². The van der Waals surface area contributed by atoms with Crippen LogP contribution in [0.15, 0.2) is 0 Å². The normalized spacial score (nSPS) is 7.71. The van der Waals surface area contributed by atoms with Crippen LogP contribution in [0.3, 0.4) is 0 Å².